The maximum absolute atomic E-state index is 7.17. The Morgan fingerprint density at radius 3 is 1.33 bits per heavy atom. The van der Waals surface area contributed by atoms with Crippen LogP contribution in [0, 0.1) is 0 Å². The predicted octanol–water partition coefficient (Wildman–Crippen LogP) is 23.8. The summed E-state index contributed by atoms with van der Waals surface area (Å²) in [5.41, 5.74) is 14.3. The molecule has 18 aromatic rings. The third-order valence-electron chi connectivity index (χ3n) is 17.9. The molecule has 0 N–H and O–H groups in total. The van der Waals surface area contributed by atoms with Crippen LogP contribution in [0.3, 0.4) is 0 Å². The molecule has 4 heteroatoms. The van der Waals surface area contributed by atoms with E-state index in [1.807, 2.05) is 0 Å². The lowest BCUT2D eigenvalue weighted by Gasteiger charge is -2.31. The predicted molar refractivity (Wildman–Crippen MR) is 364 cm³/mol. The lowest BCUT2D eigenvalue weighted by Crippen LogP contribution is -2.12. The SMILES string of the molecule is c1ccc(-c2ccc(N(c3c4ccccc4c(-c4ccc(N(c5ccccc5)c5cc6ccccc6c6c5oc5ccc7ccccc7c56)c5ccccc45)c4ccccc34)c3cc4oc5ccc6ccccc6c5c4c4ccccc34)cc2)cc1. The summed E-state index contributed by atoms with van der Waals surface area (Å²) in [6, 6.07) is 110. The standard InChI is InChI=1S/C82H50N2O2/c1-3-21-51(22-4-1)52-39-43-57(44-40-52)84(71-50-75-79(64-34-16-15-33-63(64)71)77-58-28-10-7-23-53(58)41-47-73(77)85-75)81-68-37-19-17-35-65(68)76(66-36-18-20-38-69(66)81)67-45-46-70(62-32-14-13-31-61(62)67)83(56-26-5-2-6-27-56)72-49-55-25-9-12-30-60(55)80-78-59-29-11-8-24-54(59)42-48-74(78)86-82(72)80/h1-50H. The van der Waals surface area contributed by atoms with Gasteiger partial charge in [0.2, 0.25) is 0 Å². The Morgan fingerprint density at radius 2 is 0.686 bits per heavy atom. The van der Waals surface area contributed by atoms with Gasteiger partial charge in [0.05, 0.1) is 22.7 Å². The van der Waals surface area contributed by atoms with Gasteiger partial charge in [0.15, 0.2) is 5.58 Å². The van der Waals surface area contributed by atoms with Gasteiger partial charge in [0.25, 0.3) is 0 Å². The van der Waals surface area contributed by atoms with E-state index >= 15 is 0 Å². The fourth-order valence-electron chi connectivity index (χ4n) is 14.2. The van der Waals surface area contributed by atoms with Crippen molar-refractivity contribution in [2.24, 2.45) is 0 Å². The van der Waals surface area contributed by atoms with E-state index in [4.69, 9.17) is 8.83 Å². The van der Waals surface area contributed by atoms with E-state index in [-0.39, 0.29) is 0 Å². The zero-order chi connectivity index (χ0) is 56.4. The Hall–Kier alpha value is -11.5. The van der Waals surface area contributed by atoms with Gasteiger partial charge >= 0.3 is 0 Å². The first-order valence-electron chi connectivity index (χ1n) is 29.5. The summed E-state index contributed by atoms with van der Waals surface area (Å²) < 4.78 is 14.2. The van der Waals surface area contributed by atoms with Gasteiger partial charge in [-0.1, -0.05) is 249 Å². The van der Waals surface area contributed by atoms with Crippen LogP contribution in [0.15, 0.2) is 312 Å². The summed E-state index contributed by atoms with van der Waals surface area (Å²) in [6.07, 6.45) is 0. The molecular weight excluding hydrogens is 1040 g/mol. The molecule has 0 bridgehead atoms. The van der Waals surface area contributed by atoms with E-state index in [9.17, 15) is 0 Å². The second-order valence-corrected chi connectivity index (χ2v) is 22.6. The number of hydrogen-bond donors (Lipinski definition) is 0. The van der Waals surface area contributed by atoms with Gasteiger partial charge in [0.1, 0.15) is 16.7 Å². The van der Waals surface area contributed by atoms with Crippen LogP contribution in [0.5, 0.6) is 0 Å². The number of furan rings is 2. The maximum atomic E-state index is 7.17. The van der Waals surface area contributed by atoms with Crippen LogP contribution >= 0.6 is 0 Å². The molecule has 0 unspecified atom stereocenters. The lowest BCUT2D eigenvalue weighted by molar-refractivity contribution is 0.669. The van der Waals surface area contributed by atoms with Gasteiger partial charge in [-0.3, -0.25) is 0 Å². The molecule has 0 aliphatic carbocycles. The third kappa shape index (κ3) is 7.23. The van der Waals surface area contributed by atoms with Crippen molar-refractivity contribution in [3.8, 4) is 22.3 Å². The number of anilines is 6. The highest BCUT2D eigenvalue weighted by Crippen LogP contribution is 2.54. The molecule has 0 aliphatic rings. The van der Waals surface area contributed by atoms with Crippen molar-refractivity contribution in [3.63, 3.8) is 0 Å². The first-order valence-corrected chi connectivity index (χ1v) is 29.5. The van der Waals surface area contributed by atoms with Crippen LogP contribution in [-0.2, 0) is 0 Å². The van der Waals surface area contributed by atoms with Crippen LogP contribution in [0.4, 0.5) is 34.1 Å². The van der Waals surface area contributed by atoms with Gasteiger partial charge < -0.3 is 18.6 Å². The van der Waals surface area contributed by atoms with E-state index in [0.29, 0.717) is 0 Å². The number of fused-ring (bicyclic) bond motifs is 17. The minimum Gasteiger partial charge on any atom is -0.456 e. The van der Waals surface area contributed by atoms with E-state index < -0.39 is 0 Å². The maximum Gasteiger partial charge on any atom is 0.160 e. The average Bonchev–Trinajstić information content (AvgIpc) is 1.33. The Balaban J connectivity index is 0.895. The third-order valence-corrected chi connectivity index (χ3v) is 17.9. The highest BCUT2D eigenvalue weighted by molar-refractivity contribution is 6.32. The van der Waals surface area contributed by atoms with E-state index in [2.05, 4.69) is 313 Å². The van der Waals surface area contributed by atoms with Gasteiger partial charge in [-0.05, 0) is 125 Å². The molecule has 0 saturated heterocycles. The lowest BCUT2D eigenvalue weighted by atomic mass is 9.87. The van der Waals surface area contributed by atoms with Crippen molar-refractivity contribution in [1.82, 2.24) is 0 Å². The summed E-state index contributed by atoms with van der Waals surface area (Å²) >= 11 is 0. The minimum absolute atomic E-state index is 0.843. The molecule has 0 spiro atoms. The zero-order valence-corrected chi connectivity index (χ0v) is 46.6. The normalized spacial score (nSPS) is 12.0. The second kappa shape index (κ2) is 19.0. The molecule has 18 rings (SSSR count). The fourth-order valence-corrected chi connectivity index (χ4v) is 14.2. The van der Waals surface area contributed by atoms with Gasteiger partial charge in [-0.2, -0.15) is 0 Å². The summed E-state index contributed by atoms with van der Waals surface area (Å²) in [7, 11) is 0. The van der Waals surface area contributed by atoms with Crippen LogP contribution in [-0.4, -0.2) is 0 Å². The molecule has 2 aromatic heterocycles. The van der Waals surface area contributed by atoms with Crippen LogP contribution in [0.2, 0.25) is 0 Å². The molecule has 0 fully saturated rings. The molecule has 0 saturated carbocycles. The van der Waals surface area contributed by atoms with Gasteiger partial charge in [0, 0.05) is 60.5 Å². The summed E-state index contributed by atoms with van der Waals surface area (Å²) in [6.45, 7) is 0. The molecule has 86 heavy (non-hydrogen) atoms. The summed E-state index contributed by atoms with van der Waals surface area (Å²) in [5.74, 6) is 0. The second-order valence-electron chi connectivity index (χ2n) is 22.6. The first kappa shape index (κ1) is 48.1. The summed E-state index contributed by atoms with van der Waals surface area (Å²) in [4.78, 5) is 4.91. The highest BCUT2D eigenvalue weighted by atomic mass is 16.3. The smallest absolute Gasteiger partial charge is 0.160 e. The number of benzene rings is 16. The number of nitrogens with zero attached hydrogens (tertiary/aromatic N) is 2. The van der Waals surface area contributed by atoms with Crippen LogP contribution in [0.25, 0.3) is 142 Å². The molecule has 0 amide bonds. The molecule has 400 valence electrons. The van der Waals surface area contributed by atoms with Gasteiger partial charge in [-0.15, -0.1) is 0 Å². The molecule has 0 aliphatic heterocycles. The van der Waals surface area contributed by atoms with Crippen LogP contribution in [0.1, 0.15) is 0 Å². The molecule has 16 aromatic carbocycles. The van der Waals surface area contributed by atoms with E-state index in [1.165, 1.54) is 32.7 Å². The van der Waals surface area contributed by atoms with Gasteiger partial charge in [-0.25, -0.2) is 0 Å². The molecule has 0 atom stereocenters. The Bertz CT molecular complexity index is 5730. The monoisotopic (exact) mass is 1090 g/mol. The zero-order valence-electron chi connectivity index (χ0n) is 46.6. The van der Waals surface area contributed by atoms with Crippen molar-refractivity contribution in [3.05, 3.63) is 303 Å². The number of hydrogen-bond acceptors (Lipinski definition) is 4. The molecular formula is C82H50N2O2. The molecule has 0 radical (unpaired) electrons. The first-order chi connectivity index (χ1) is 42.7. The minimum atomic E-state index is 0.843. The largest absolute Gasteiger partial charge is 0.456 e. The topological polar surface area (TPSA) is 32.8 Å². The molecule has 2 heterocycles. The molecule has 4 nitrogen and oxygen atoms in total. The van der Waals surface area contributed by atoms with Crippen molar-refractivity contribution in [2.75, 3.05) is 9.80 Å². The number of para-hydroxylation sites is 1. The van der Waals surface area contributed by atoms with E-state index in [1.54, 1.807) is 0 Å². The summed E-state index contributed by atoms with van der Waals surface area (Å²) in [5, 5.41) is 20.6. The Labute approximate surface area is 494 Å². The van der Waals surface area contributed by atoms with Crippen molar-refractivity contribution in [1.29, 1.82) is 0 Å². The Morgan fingerprint density at radius 1 is 0.233 bits per heavy atom. The quantitative estimate of drug-likeness (QED) is 0.142. The Kier molecular flexibility index (Phi) is 10.7. The van der Waals surface area contributed by atoms with Crippen molar-refractivity contribution >= 4 is 153 Å². The average molecular weight is 1100 g/mol. The van der Waals surface area contributed by atoms with Crippen LogP contribution < -0.4 is 9.80 Å². The fraction of sp³-hybridized carbons (Fsp3) is 0. The van der Waals surface area contributed by atoms with E-state index in [0.717, 1.165) is 143 Å². The number of rotatable bonds is 8. The highest BCUT2D eigenvalue weighted by Gasteiger charge is 2.29. The van der Waals surface area contributed by atoms with Crippen molar-refractivity contribution < 1.29 is 8.83 Å². The van der Waals surface area contributed by atoms with Crippen molar-refractivity contribution in [2.45, 2.75) is 0 Å².